The fraction of sp³-hybridized carbons (Fsp3) is 0.250. The van der Waals surface area contributed by atoms with Crippen LogP contribution >= 0.6 is 34.8 Å². The summed E-state index contributed by atoms with van der Waals surface area (Å²) in [5, 5.41) is 7.71. The van der Waals surface area contributed by atoms with Crippen LogP contribution in [-0.2, 0) is 3.79 Å². The Kier molecular flexibility index (Phi) is 2.45. The molecule has 0 atom stereocenters. The second-order valence-electron chi connectivity index (χ2n) is 3.11. The molecule has 0 bridgehead atoms. The Bertz CT molecular complexity index is 514. The van der Waals surface area contributed by atoms with Crippen LogP contribution in [0.4, 0.5) is 5.69 Å². The van der Waals surface area contributed by atoms with Crippen molar-refractivity contribution in [2.45, 2.75) is 10.7 Å². The predicted octanol–water partition coefficient (Wildman–Crippen LogP) is 2.45. The molecular formula is C8H7Cl3N4. The number of nitrogens with zero attached hydrogens (tertiary/aromatic N) is 3. The molecule has 0 unspecified atom stereocenters. The van der Waals surface area contributed by atoms with E-state index >= 15 is 0 Å². The van der Waals surface area contributed by atoms with Crippen molar-refractivity contribution in [3.8, 4) is 0 Å². The van der Waals surface area contributed by atoms with E-state index in [1.54, 1.807) is 10.5 Å². The van der Waals surface area contributed by atoms with Crippen LogP contribution in [-0.4, -0.2) is 14.6 Å². The van der Waals surface area contributed by atoms with Gasteiger partial charge in [-0.3, -0.25) is 4.40 Å². The standard InChI is InChI=1S/C8H7Cl3N4/c1-4-2-3-5(12)6-13-14-7(15(4)6)8(9,10)11/h2-3H,12H2,1H3. The highest BCUT2D eigenvalue weighted by Crippen LogP contribution is 2.37. The van der Waals surface area contributed by atoms with Crippen molar-refractivity contribution in [1.29, 1.82) is 0 Å². The highest BCUT2D eigenvalue weighted by atomic mass is 35.6. The van der Waals surface area contributed by atoms with Crippen LogP contribution in [0.3, 0.4) is 0 Å². The van der Waals surface area contributed by atoms with Crippen molar-refractivity contribution < 1.29 is 0 Å². The summed E-state index contributed by atoms with van der Waals surface area (Å²) in [6.07, 6.45) is 0. The van der Waals surface area contributed by atoms with E-state index in [-0.39, 0.29) is 5.82 Å². The molecule has 0 amide bonds. The number of halogens is 3. The number of hydrogen-bond acceptors (Lipinski definition) is 3. The second-order valence-corrected chi connectivity index (χ2v) is 5.39. The van der Waals surface area contributed by atoms with Gasteiger partial charge in [0, 0.05) is 5.69 Å². The Balaban J connectivity index is 2.85. The minimum absolute atomic E-state index is 0.243. The van der Waals surface area contributed by atoms with Crippen LogP contribution in [0.2, 0.25) is 0 Å². The molecule has 7 heteroatoms. The molecule has 80 valence electrons. The SMILES string of the molecule is Cc1ccc(N)c2nnc(C(Cl)(Cl)Cl)n12. The van der Waals surface area contributed by atoms with Crippen molar-refractivity contribution in [3.05, 3.63) is 23.7 Å². The van der Waals surface area contributed by atoms with Crippen LogP contribution in [0, 0.1) is 6.92 Å². The van der Waals surface area contributed by atoms with Gasteiger partial charge in [-0.25, -0.2) is 0 Å². The fourth-order valence-electron chi connectivity index (χ4n) is 1.35. The topological polar surface area (TPSA) is 56.2 Å². The van der Waals surface area contributed by atoms with Crippen LogP contribution in [0.1, 0.15) is 11.5 Å². The summed E-state index contributed by atoms with van der Waals surface area (Å²) in [5.41, 5.74) is 7.57. The number of aryl methyl sites for hydroxylation is 1. The molecule has 2 aromatic heterocycles. The third kappa shape index (κ3) is 1.73. The zero-order chi connectivity index (χ0) is 11.2. The number of aromatic nitrogens is 3. The lowest BCUT2D eigenvalue weighted by molar-refractivity contribution is 0.913. The highest BCUT2D eigenvalue weighted by molar-refractivity contribution is 6.66. The first-order valence-electron chi connectivity index (χ1n) is 4.08. The van der Waals surface area contributed by atoms with Gasteiger partial charge in [-0.05, 0) is 19.1 Å². The molecular weight excluding hydrogens is 258 g/mol. The lowest BCUT2D eigenvalue weighted by Gasteiger charge is -2.10. The Hall–Kier alpha value is -0.710. The number of alkyl halides is 3. The molecule has 0 saturated carbocycles. The number of hydrogen-bond donors (Lipinski definition) is 1. The third-order valence-electron chi connectivity index (χ3n) is 2.03. The molecule has 0 aromatic carbocycles. The van der Waals surface area contributed by atoms with Gasteiger partial charge in [-0.1, -0.05) is 34.8 Å². The maximum atomic E-state index is 5.77. The quantitative estimate of drug-likeness (QED) is 0.744. The first kappa shape index (κ1) is 10.8. The highest BCUT2D eigenvalue weighted by Gasteiger charge is 2.30. The van der Waals surface area contributed by atoms with Crippen LogP contribution < -0.4 is 5.73 Å². The number of rotatable bonds is 0. The van der Waals surface area contributed by atoms with Gasteiger partial charge in [0.25, 0.3) is 3.79 Å². The maximum absolute atomic E-state index is 5.77. The zero-order valence-electron chi connectivity index (χ0n) is 7.71. The Labute approximate surface area is 101 Å². The molecule has 2 heterocycles. The summed E-state index contributed by atoms with van der Waals surface area (Å²) in [5.74, 6) is 0.243. The Morgan fingerprint density at radius 1 is 1.27 bits per heavy atom. The number of nitrogens with two attached hydrogens (primary N) is 1. The number of fused-ring (bicyclic) bond motifs is 1. The molecule has 0 fully saturated rings. The van der Waals surface area contributed by atoms with E-state index in [0.717, 1.165) is 5.69 Å². The average Bonchev–Trinajstić information content (AvgIpc) is 2.55. The van der Waals surface area contributed by atoms with E-state index in [0.29, 0.717) is 11.3 Å². The van der Waals surface area contributed by atoms with Gasteiger partial charge in [0.15, 0.2) is 11.5 Å². The smallest absolute Gasteiger partial charge is 0.250 e. The summed E-state index contributed by atoms with van der Waals surface area (Å²) in [4.78, 5) is 0. The van der Waals surface area contributed by atoms with Gasteiger partial charge in [0.1, 0.15) is 0 Å². The molecule has 0 aliphatic heterocycles. The first-order chi connectivity index (χ1) is 6.91. The van der Waals surface area contributed by atoms with E-state index < -0.39 is 3.79 Å². The van der Waals surface area contributed by atoms with E-state index in [1.165, 1.54) is 0 Å². The number of nitrogen functional groups attached to an aromatic ring is 1. The van der Waals surface area contributed by atoms with Crippen LogP contribution in [0.15, 0.2) is 12.1 Å². The summed E-state index contributed by atoms with van der Waals surface area (Å²) in [6.45, 7) is 1.86. The van der Waals surface area contributed by atoms with Crippen molar-refractivity contribution in [3.63, 3.8) is 0 Å². The van der Waals surface area contributed by atoms with Gasteiger partial charge < -0.3 is 5.73 Å². The maximum Gasteiger partial charge on any atom is 0.250 e. The molecule has 0 aliphatic carbocycles. The zero-order valence-corrected chi connectivity index (χ0v) is 9.98. The molecule has 2 rings (SSSR count). The van der Waals surface area contributed by atoms with Crippen molar-refractivity contribution in [1.82, 2.24) is 14.6 Å². The van der Waals surface area contributed by atoms with Crippen molar-refractivity contribution in [2.75, 3.05) is 5.73 Å². The average molecular weight is 266 g/mol. The molecule has 2 aromatic rings. The molecule has 0 radical (unpaired) electrons. The number of anilines is 1. The summed E-state index contributed by atoms with van der Waals surface area (Å²) in [6, 6.07) is 3.55. The number of pyridine rings is 1. The lowest BCUT2D eigenvalue weighted by atomic mass is 10.3. The van der Waals surface area contributed by atoms with Gasteiger partial charge in [-0.2, -0.15) is 0 Å². The van der Waals surface area contributed by atoms with Gasteiger partial charge in [-0.15, -0.1) is 10.2 Å². The van der Waals surface area contributed by atoms with Gasteiger partial charge >= 0.3 is 0 Å². The van der Waals surface area contributed by atoms with Gasteiger partial charge in [0.2, 0.25) is 0 Å². The first-order valence-corrected chi connectivity index (χ1v) is 5.22. The minimum atomic E-state index is -1.61. The van der Waals surface area contributed by atoms with E-state index in [4.69, 9.17) is 40.5 Å². The largest absolute Gasteiger partial charge is 0.396 e. The van der Waals surface area contributed by atoms with Crippen molar-refractivity contribution in [2.24, 2.45) is 0 Å². The van der Waals surface area contributed by atoms with E-state index in [2.05, 4.69) is 10.2 Å². The Morgan fingerprint density at radius 3 is 2.53 bits per heavy atom. The normalized spacial score (nSPS) is 12.3. The summed E-state index contributed by atoms with van der Waals surface area (Å²) < 4.78 is 0.0142. The van der Waals surface area contributed by atoms with Crippen LogP contribution in [0.25, 0.3) is 5.65 Å². The van der Waals surface area contributed by atoms with E-state index in [9.17, 15) is 0 Å². The molecule has 0 aliphatic rings. The Morgan fingerprint density at radius 2 is 1.93 bits per heavy atom. The monoisotopic (exact) mass is 264 g/mol. The molecule has 0 saturated heterocycles. The lowest BCUT2D eigenvalue weighted by Crippen LogP contribution is -2.09. The minimum Gasteiger partial charge on any atom is -0.396 e. The molecule has 15 heavy (non-hydrogen) atoms. The fourth-order valence-corrected chi connectivity index (χ4v) is 1.72. The van der Waals surface area contributed by atoms with Crippen LogP contribution in [0.5, 0.6) is 0 Å². The molecule has 4 nitrogen and oxygen atoms in total. The summed E-state index contributed by atoms with van der Waals surface area (Å²) >= 11 is 17.3. The molecule has 0 spiro atoms. The van der Waals surface area contributed by atoms with Gasteiger partial charge in [0.05, 0.1) is 5.69 Å². The molecule has 2 N–H and O–H groups in total. The van der Waals surface area contributed by atoms with E-state index in [1.807, 2.05) is 13.0 Å². The summed E-state index contributed by atoms with van der Waals surface area (Å²) in [7, 11) is 0. The predicted molar refractivity (Wildman–Crippen MR) is 61.4 cm³/mol. The third-order valence-corrected chi connectivity index (χ3v) is 2.54. The van der Waals surface area contributed by atoms with Crippen molar-refractivity contribution >= 4 is 46.1 Å². The second kappa shape index (κ2) is 3.40.